The zero-order chi connectivity index (χ0) is 67.7. The molecule has 0 bridgehead atoms. The second-order valence-corrected chi connectivity index (χ2v) is 29.7. The number of aliphatic hydroxyl groups excluding tert-OH is 1. The highest BCUT2D eigenvalue weighted by atomic mass is 31.2. The van der Waals surface area contributed by atoms with E-state index in [4.69, 9.17) is 37.0 Å². The molecule has 0 aromatic heterocycles. The SMILES string of the molecule is CCCCCCCCCCCCCCCCCCCCC(=O)O[C@H](COC(=O)CCCCCCCCCCCCCCCC)COP(=O)(O)OC[C@@H](O)COP(=O)(O)OC[C@@H](COC(=O)CCCCCCCCC)OC(=O)CCCCCCCCCCCCC(C)C. The molecule has 0 heterocycles. The fourth-order valence-electron chi connectivity index (χ4n) is 11.2. The summed E-state index contributed by atoms with van der Waals surface area (Å²) < 4.78 is 68.3. The van der Waals surface area contributed by atoms with E-state index in [1.165, 1.54) is 193 Å². The van der Waals surface area contributed by atoms with E-state index in [0.29, 0.717) is 25.7 Å². The van der Waals surface area contributed by atoms with Gasteiger partial charge < -0.3 is 33.8 Å². The Morgan fingerprint density at radius 3 is 0.739 bits per heavy atom. The summed E-state index contributed by atoms with van der Waals surface area (Å²) >= 11 is 0. The summed E-state index contributed by atoms with van der Waals surface area (Å²) in [6.07, 6.45) is 54.2. The molecule has 546 valence electrons. The van der Waals surface area contributed by atoms with Crippen LogP contribution in [-0.4, -0.2) is 96.7 Å². The second kappa shape index (κ2) is 66.3. The Labute approximate surface area is 562 Å². The fraction of sp³-hybridized carbons (Fsp3) is 0.945. The normalized spacial score (nSPS) is 14.0. The first kappa shape index (κ1) is 90.1. The van der Waals surface area contributed by atoms with Crippen LogP contribution in [-0.2, 0) is 65.4 Å². The molecule has 2 unspecified atom stereocenters. The number of aliphatic hydroxyl groups is 1. The first-order chi connectivity index (χ1) is 44.5. The van der Waals surface area contributed by atoms with E-state index in [9.17, 15) is 43.2 Å². The number of phosphoric ester groups is 2. The lowest BCUT2D eigenvalue weighted by Gasteiger charge is -2.21. The zero-order valence-electron chi connectivity index (χ0n) is 59.7. The molecule has 0 aliphatic heterocycles. The van der Waals surface area contributed by atoms with Gasteiger partial charge in [0, 0.05) is 25.7 Å². The van der Waals surface area contributed by atoms with E-state index in [0.717, 1.165) is 109 Å². The van der Waals surface area contributed by atoms with Crippen LogP contribution in [0.2, 0.25) is 0 Å². The number of ether oxygens (including phenoxy) is 4. The van der Waals surface area contributed by atoms with Crippen LogP contribution in [0.5, 0.6) is 0 Å². The van der Waals surface area contributed by atoms with Gasteiger partial charge in [-0.2, -0.15) is 0 Å². The van der Waals surface area contributed by atoms with Gasteiger partial charge in [0.1, 0.15) is 19.3 Å². The van der Waals surface area contributed by atoms with E-state index < -0.39 is 97.5 Å². The Bertz CT molecular complexity index is 1770. The Kier molecular flexibility index (Phi) is 64.9. The summed E-state index contributed by atoms with van der Waals surface area (Å²) in [6.45, 7) is 7.22. The second-order valence-electron chi connectivity index (χ2n) is 26.8. The molecule has 0 saturated heterocycles. The lowest BCUT2D eigenvalue weighted by molar-refractivity contribution is -0.161. The molecule has 0 aliphatic rings. The van der Waals surface area contributed by atoms with Crippen LogP contribution in [0.1, 0.15) is 381 Å². The van der Waals surface area contributed by atoms with Crippen molar-refractivity contribution in [3.8, 4) is 0 Å². The summed E-state index contributed by atoms with van der Waals surface area (Å²) in [7, 11) is -9.90. The number of carbonyl (C=O) groups is 4. The molecule has 0 amide bonds. The Morgan fingerprint density at radius 1 is 0.293 bits per heavy atom. The van der Waals surface area contributed by atoms with Crippen LogP contribution in [0.25, 0.3) is 0 Å². The number of esters is 4. The van der Waals surface area contributed by atoms with Crippen molar-refractivity contribution in [1.82, 2.24) is 0 Å². The predicted molar refractivity (Wildman–Crippen MR) is 372 cm³/mol. The smallest absolute Gasteiger partial charge is 0.462 e. The van der Waals surface area contributed by atoms with Gasteiger partial charge in [-0.15, -0.1) is 0 Å². The predicted octanol–water partition coefficient (Wildman–Crippen LogP) is 21.3. The van der Waals surface area contributed by atoms with Crippen LogP contribution < -0.4 is 0 Å². The van der Waals surface area contributed by atoms with Crippen LogP contribution in [0.3, 0.4) is 0 Å². The third-order valence-corrected chi connectivity index (χ3v) is 18.9. The number of hydrogen-bond donors (Lipinski definition) is 3. The molecule has 0 rings (SSSR count). The summed E-state index contributed by atoms with van der Waals surface area (Å²) in [4.78, 5) is 72.6. The van der Waals surface area contributed by atoms with E-state index >= 15 is 0 Å². The maximum absolute atomic E-state index is 13.1. The molecule has 0 spiro atoms. The highest BCUT2D eigenvalue weighted by Gasteiger charge is 2.30. The number of unbranched alkanes of at least 4 members (excludes halogenated alkanes) is 45. The molecular weight excluding hydrogens is 1210 g/mol. The molecule has 0 aliphatic carbocycles. The summed E-state index contributed by atoms with van der Waals surface area (Å²) in [5.74, 6) is -1.37. The van der Waals surface area contributed by atoms with Gasteiger partial charge in [0.25, 0.3) is 0 Å². The van der Waals surface area contributed by atoms with Gasteiger partial charge >= 0.3 is 39.5 Å². The number of hydrogen-bond acceptors (Lipinski definition) is 15. The minimum absolute atomic E-state index is 0.106. The average molecular weight is 1350 g/mol. The number of carbonyl (C=O) groups excluding carboxylic acids is 4. The highest BCUT2D eigenvalue weighted by molar-refractivity contribution is 7.47. The largest absolute Gasteiger partial charge is 0.472 e. The summed E-state index contributed by atoms with van der Waals surface area (Å²) in [5.41, 5.74) is 0. The van der Waals surface area contributed by atoms with Crippen molar-refractivity contribution < 1.29 is 80.2 Å². The van der Waals surface area contributed by atoms with E-state index in [-0.39, 0.29) is 25.7 Å². The average Bonchev–Trinajstić information content (AvgIpc) is 3.07. The van der Waals surface area contributed by atoms with Crippen molar-refractivity contribution in [1.29, 1.82) is 0 Å². The van der Waals surface area contributed by atoms with E-state index in [1.54, 1.807) is 0 Å². The van der Waals surface area contributed by atoms with Gasteiger partial charge in [-0.05, 0) is 31.6 Å². The fourth-order valence-corrected chi connectivity index (χ4v) is 12.8. The third kappa shape index (κ3) is 66.7. The highest BCUT2D eigenvalue weighted by Crippen LogP contribution is 2.45. The van der Waals surface area contributed by atoms with Crippen LogP contribution in [0.15, 0.2) is 0 Å². The maximum atomic E-state index is 13.1. The van der Waals surface area contributed by atoms with E-state index in [1.807, 2.05) is 0 Å². The minimum Gasteiger partial charge on any atom is -0.462 e. The molecule has 0 saturated carbocycles. The van der Waals surface area contributed by atoms with Crippen LogP contribution in [0.4, 0.5) is 0 Å². The standard InChI is InChI=1S/C73H142O17P2/c1-6-9-12-15-18-20-22-24-26-27-28-29-31-33-38-43-48-53-58-72(77)90-69(63-84-71(76)57-52-47-42-37-32-30-25-23-21-19-16-13-10-7-2)65-88-92(81,82)86-61-67(74)60-85-91(79,80)87-64-68(62-83-70(75)56-51-46-40-17-14-11-8-3)89-73(78)59-54-49-44-39-35-34-36-41-45-50-55-66(4)5/h66-69,74H,6-65H2,1-5H3,(H,79,80)(H,81,82)/t67-,68+,69+/m0/s1. The van der Waals surface area contributed by atoms with E-state index in [2.05, 4.69) is 34.6 Å². The van der Waals surface area contributed by atoms with Gasteiger partial charge in [-0.3, -0.25) is 37.3 Å². The topological polar surface area (TPSA) is 237 Å². The molecule has 0 aromatic carbocycles. The van der Waals surface area contributed by atoms with Crippen LogP contribution in [0, 0.1) is 5.92 Å². The van der Waals surface area contributed by atoms with Gasteiger partial charge in [-0.1, -0.05) is 330 Å². The molecule has 0 radical (unpaired) electrons. The monoisotopic (exact) mass is 1350 g/mol. The molecule has 5 atom stereocenters. The van der Waals surface area contributed by atoms with Gasteiger partial charge in [0.15, 0.2) is 12.2 Å². The summed E-state index contributed by atoms with van der Waals surface area (Å²) in [5, 5.41) is 10.6. The van der Waals surface area contributed by atoms with Crippen molar-refractivity contribution >= 4 is 39.5 Å². The van der Waals surface area contributed by atoms with Crippen LogP contribution >= 0.6 is 15.6 Å². The molecule has 0 aromatic rings. The Hall–Kier alpha value is -1.94. The van der Waals surface area contributed by atoms with Crippen molar-refractivity contribution in [2.75, 3.05) is 39.6 Å². The molecular formula is C73H142O17P2. The lowest BCUT2D eigenvalue weighted by Crippen LogP contribution is -2.30. The van der Waals surface area contributed by atoms with Crippen molar-refractivity contribution in [3.05, 3.63) is 0 Å². The first-order valence-corrected chi connectivity index (χ1v) is 41.1. The van der Waals surface area contributed by atoms with Crippen molar-refractivity contribution in [2.45, 2.75) is 400 Å². The van der Waals surface area contributed by atoms with Crippen molar-refractivity contribution in [2.24, 2.45) is 5.92 Å². The number of phosphoric acid groups is 2. The zero-order valence-corrected chi connectivity index (χ0v) is 61.5. The third-order valence-electron chi connectivity index (χ3n) is 17.0. The molecule has 0 fully saturated rings. The maximum Gasteiger partial charge on any atom is 0.472 e. The Balaban J connectivity index is 5.19. The molecule has 19 heteroatoms. The molecule has 17 nitrogen and oxygen atoms in total. The molecule has 92 heavy (non-hydrogen) atoms. The minimum atomic E-state index is -4.95. The van der Waals surface area contributed by atoms with Crippen molar-refractivity contribution in [3.63, 3.8) is 0 Å². The summed E-state index contributed by atoms with van der Waals surface area (Å²) in [6, 6.07) is 0. The van der Waals surface area contributed by atoms with Gasteiger partial charge in [0.2, 0.25) is 0 Å². The molecule has 3 N–H and O–H groups in total. The van der Waals surface area contributed by atoms with Gasteiger partial charge in [-0.25, -0.2) is 9.13 Å². The number of rotatable bonds is 73. The first-order valence-electron chi connectivity index (χ1n) is 38.1. The van der Waals surface area contributed by atoms with Gasteiger partial charge in [0.05, 0.1) is 26.4 Å². The lowest BCUT2D eigenvalue weighted by atomic mass is 10.0. The Morgan fingerprint density at radius 2 is 0.500 bits per heavy atom. The quantitative estimate of drug-likeness (QED) is 0.0222.